The number of benzene rings is 3. The molecular weight excluding hydrogens is 296 g/mol. The Labute approximate surface area is 141 Å². The average molecular weight is 314 g/mol. The smallest absolute Gasteiger partial charge is 0.129 e. The summed E-state index contributed by atoms with van der Waals surface area (Å²) in [6.07, 6.45) is 2.07. The molecule has 118 valence electrons. The Bertz CT molecular complexity index is 973. The van der Waals surface area contributed by atoms with Crippen molar-refractivity contribution in [3.05, 3.63) is 85.1 Å². The molecule has 4 rings (SSSR count). The number of anilines is 2. The van der Waals surface area contributed by atoms with Crippen LogP contribution in [-0.2, 0) is 7.05 Å². The first kappa shape index (κ1) is 14.4. The van der Waals surface area contributed by atoms with E-state index in [0.29, 0.717) is 0 Å². The molecule has 0 aliphatic rings. The van der Waals surface area contributed by atoms with Crippen LogP contribution in [0.15, 0.2) is 85.1 Å². The molecule has 0 bridgehead atoms. The maximum absolute atomic E-state index is 5.89. The van der Waals surface area contributed by atoms with Crippen molar-refractivity contribution in [2.24, 2.45) is 7.05 Å². The van der Waals surface area contributed by atoms with Gasteiger partial charge in [0.05, 0.1) is 0 Å². The average Bonchev–Trinajstić information content (AvgIpc) is 2.97. The quantitative estimate of drug-likeness (QED) is 0.522. The number of hydrogen-bond acceptors (Lipinski definition) is 2. The first-order chi connectivity index (χ1) is 11.8. The third kappa shape index (κ3) is 2.97. The predicted molar refractivity (Wildman–Crippen MR) is 99.2 cm³/mol. The number of ether oxygens (including phenoxy) is 1. The molecule has 3 heteroatoms. The third-order valence-corrected chi connectivity index (χ3v) is 3.99. The zero-order valence-electron chi connectivity index (χ0n) is 13.4. The molecular formula is C21H18N2O. The molecule has 0 aliphatic carbocycles. The molecule has 1 N–H and O–H groups in total. The first-order valence-corrected chi connectivity index (χ1v) is 7.93. The molecule has 0 atom stereocenters. The Morgan fingerprint density at radius 3 is 2.42 bits per heavy atom. The van der Waals surface area contributed by atoms with Crippen molar-refractivity contribution < 1.29 is 4.74 Å². The maximum atomic E-state index is 5.89. The molecule has 0 unspecified atom stereocenters. The first-order valence-electron chi connectivity index (χ1n) is 7.93. The fraction of sp³-hybridized carbons (Fsp3) is 0.0476. The minimum Gasteiger partial charge on any atom is -0.457 e. The summed E-state index contributed by atoms with van der Waals surface area (Å²) >= 11 is 0. The van der Waals surface area contributed by atoms with Crippen LogP contribution in [0.3, 0.4) is 0 Å². The third-order valence-electron chi connectivity index (χ3n) is 3.99. The lowest BCUT2D eigenvalue weighted by Crippen LogP contribution is -1.91. The van der Waals surface area contributed by atoms with Gasteiger partial charge in [-0.3, -0.25) is 0 Å². The summed E-state index contributed by atoms with van der Waals surface area (Å²) in [7, 11) is 2.06. The van der Waals surface area contributed by atoms with Gasteiger partial charge in [-0.25, -0.2) is 0 Å². The van der Waals surface area contributed by atoms with E-state index in [1.165, 1.54) is 10.9 Å². The summed E-state index contributed by atoms with van der Waals surface area (Å²) in [6.45, 7) is 0. The molecule has 3 aromatic carbocycles. The second-order valence-electron chi connectivity index (χ2n) is 5.77. The normalized spacial score (nSPS) is 10.7. The van der Waals surface area contributed by atoms with Crippen LogP contribution in [0.2, 0.25) is 0 Å². The van der Waals surface area contributed by atoms with Crippen molar-refractivity contribution in [3.8, 4) is 11.5 Å². The molecule has 0 radical (unpaired) electrons. The predicted octanol–water partition coefficient (Wildman–Crippen LogP) is 5.71. The van der Waals surface area contributed by atoms with E-state index in [0.717, 1.165) is 22.9 Å². The van der Waals surface area contributed by atoms with Crippen LogP contribution < -0.4 is 10.1 Å². The van der Waals surface area contributed by atoms with Crippen molar-refractivity contribution in [3.63, 3.8) is 0 Å². The van der Waals surface area contributed by atoms with Crippen LogP contribution >= 0.6 is 0 Å². The van der Waals surface area contributed by atoms with Gasteiger partial charge in [-0.2, -0.15) is 0 Å². The number of aromatic nitrogens is 1. The van der Waals surface area contributed by atoms with E-state index >= 15 is 0 Å². The van der Waals surface area contributed by atoms with Crippen LogP contribution in [0.25, 0.3) is 10.9 Å². The largest absolute Gasteiger partial charge is 0.457 e. The molecule has 24 heavy (non-hydrogen) atoms. The highest BCUT2D eigenvalue weighted by Gasteiger charge is 2.02. The van der Waals surface area contributed by atoms with Gasteiger partial charge in [0.1, 0.15) is 11.5 Å². The van der Waals surface area contributed by atoms with E-state index < -0.39 is 0 Å². The van der Waals surface area contributed by atoms with Gasteiger partial charge in [-0.05, 0) is 48.5 Å². The zero-order valence-corrected chi connectivity index (χ0v) is 13.4. The highest BCUT2D eigenvalue weighted by molar-refractivity contribution is 5.84. The Morgan fingerprint density at radius 2 is 1.54 bits per heavy atom. The monoisotopic (exact) mass is 314 g/mol. The van der Waals surface area contributed by atoms with E-state index in [4.69, 9.17) is 4.74 Å². The van der Waals surface area contributed by atoms with Gasteiger partial charge in [0.25, 0.3) is 0 Å². The van der Waals surface area contributed by atoms with Crippen molar-refractivity contribution in [1.82, 2.24) is 4.57 Å². The lowest BCUT2D eigenvalue weighted by atomic mass is 10.2. The van der Waals surface area contributed by atoms with E-state index in [9.17, 15) is 0 Å². The van der Waals surface area contributed by atoms with Gasteiger partial charge < -0.3 is 14.6 Å². The highest BCUT2D eigenvalue weighted by atomic mass is 16.5. The van der Waals surface area contributed by atoms with E-state index in [-0.39, 0.29) is 0 Å². The van der Waals surface area contributed by atoms with Crippen molar-refractivity contribution in [1.29, 1.82) is 0 Å². The molecule has 0 amide bonds. The Hall–Kier alpha value is -3.20. The minimum absolute atomic E-state index is 0.812. The van der Waals surface area contributed by atoms with Crippen LogP contribution in [-0.4, -0.2) is 4.57 Å². The zero-order chi connectivity index (χ0) is 16.4. The number of para-hydroxylation sites is 1. The Kier molecular flexibility index (Phi) is 3.67. The second kappa shape index (κ2) is 6.13. The summed E-state index contributed by atoms with van der Waals surface area (Å²) in [4.78, 5) is 0. The molecule has 0 saturated heterocycles. The number of nitrogens with zero attached hydrogens (tertiary/aromatic N) is 1. The summed E-state index contributed by atoms with van der Waals surface area (Å²) in [5.74, 6) is 1.65. The lowest BCUT2D eigenvalue weighted by molar-refractivity contribution is 0.483. The number of rotatable bonds is 4. The molecule has 1 heterocycles. The summed E-state index contributed by atoms with van der Waals surface area (Å²) in [6, 6.07) is 26.3. The van der Waals surface area contributed by atoms with Crippen LogP contribution in [0.5, 0.6) is 11.5 Å². The van der Waals surface area contributed by atoms with Crippen LogP contribution in [0, 0.1) is 0 Å². The van der Waals surface area contributed by atoms with Gasteiger partial charge in [0, 0.05) is 41.6 Å². The molecule has 0 spiro atoms. The fourth-order valence-corrected chi connectivity index (χ4v) is 2.79. The number of aryl methyl sites for hydroxylation is 1. The number of fused-ring (bicyclic) bond motifs is 1. The maximum Gasteiger partial charge on any atom is 0.129 e. The van der Waals surface area contributed by atoms with Crippen LogP contribution in [0.4, 0.5) is 11.4 Å². The lowest BCUT2D eigenvalue weighted by Gasteiger charge is -2.10. The SMILES string of the molecule is Cn1ccc2cc(Nc3cccc(Oc4ccccc4)c3)ccc21. The van der Waals surface area contributed by atoms with E-state index in [2.05, 4.69) is 47.4 Å². The molecule has 1 aromatic heterocycles. The van der Waals surface area contributed by atoms with Gasteiger partial charge in [0.15, 0.2) is 0 Å². The van der Waals surface area contributed by atoms with Gasteiger partial charge in [0.2, 0.25) is 0 Å². The van der Waals surface area contributed by atoms with Crippen molar-refractivity contribution in [2.45, 2.75) is 0 Å². The van der Waals surface area contributed by atoms with E-state index in [1.54, 1.807) is 0 Å². The Balaban J connectivity index is 1.56. The molecule has 0 saturated carbocycles. The number of nitrogens with one attached hydrogen (secondary N) is 1. The summed E-state index contributed by atoms with van der Waals surface area (Å²) < 4.78 is 8.01. The highest BCUT2D eigenvalue weighted by Crippen LogP contribution is 2.27. The molecule has 0 aliphatic heterocycles. The topological polar surface area (TPSA) is 26.2 Å². The summed E-state index contributed by atoms with van der Waals surface area (Å²) in [5.41, 5.74) is 3.28. The summed E-state index contributed by atoms with van der Waals surface area (Å²) in [5, 5.41) is 4.66. The molecule has 4 aromatic rings. The Morgan fingerprint density at radius 1 is 0.750 bits per heavy atom. The van der Waals surface area contributed by atoms with Crippen LogP contribution in [0.1, 0.15) is 0 Å². The fourth-order valence-electron chi connectivity index (χ4n) is 2.79. The van der Waals surface area contributed by atoms with Gasteiger partial charge >= 0.3 is 0 Å². The standard InChI is InChI=1S/C21H18N2O/c1-23-13-12-16-14-18(10-11-21(16)23)22-17-6-5-9-20(15-17)24-19-7-3-2-4-8-19/h2-15,22H,1H3. The van der Waals surface area contributed by atoms with Gasteiger partial charge in [-0.15, -0.1) is 0 Å². The number of hydrogen-bond donors (Lipinski definition) is 1. The van der Waals surface area contributed by atoms with Crippen molar-refractivity contribution in [2.75, 3.05) is 5.32 Å². The van der Waals surface area contributed by atoms with E-state index in [1.807, 2.05) is 54.6 Å². The van der Waals surface area contributed by atoms with Crippen molar-refractivity contribution >= 4 is 22.3 Å². The minimum atomic E-state index is 0.812. The molecule has 3 nitrogen and oxygen atoms in total. The van der Waals surface area contributed by atoms with Gasteiger partial charge in [-0.1, -0.05) is 24.3 Å². The molecule has 0 fully saturated rings. The second-order valence-corrected chi connectivity index (χ2v) is 5.77.